The smallest absolute Gasteiger partial charge is 0.405 e. The van der Waals surface area contributed by atoms with E-state index in [0.29, 0.717) is 17.4 Å². The molecule has 2 amide bonds. The number of benzene rings is 1. The lowest BCUT2D eigenvalue weighted by Crippen LogP contribution is -2.53. The standard InChI is InChI=1S/C23H24F9N3O5S/c1-5-33-16(36)14-15(41-17(34-14)18(37)35(6-2)10-19(3,4)38)12-8-7-11(9-13(12)40-23(30,31)32)20(39,21(24,25)26)22(27,28)29/h7-9,38-39H,5-6,10H2,1-4H3,(H,33,36). The fourth-order valence-corrected chi connectivity index (χ4v) is 4.61. The van der Waals surface area contributed by atoms with Crippen LogP contribution in [0.4, 0.5) is 39.5 Å². The highest BCUT2D eigenvalue weighted by atomic mass is 32.1. The van der Waals surface area contributed by atoms with Crippen LogP contribution in [0.2, 0.25) is 0 Å². The number of aromatic nitrogens is 1. The molecule has 18 heteroatoms. The minimum atomic E-state index is -6.41. The Hall–Kier alpha value is -3.12. The molecule has 3 N–H and O–H groups in total. The predicted octanol–water partition coefficient (Wildman–Crippen LogP) is 5.00. The van der Waals surface area contributed by atoms with Crippen LogP contribution in [-0.2, 0) is 5.60 Å². The number of ether oxygens (including phenoxy) is 1. The number of aliphatic hydroxyl groups is 2. The lowest BCUT2D eigenvalue weighted by atomic mass is 9.91. The zero-order chi connectivity index (χ0) is 31.8. The highest BCUT2D eigenvalue weighted by Crippen LogP contribution is 2.52. The Kier molecular flexibility index (Phi) is 9.67. The molecule has 0 radical (unpaired) electrons. The third-order valence-electron chi connectivity index (χ3n) is 5.30. The van der Waals surface area contributed by atoms with Crippen LogP contribution in [0.3, 0.4) is 0 Å². The number of likely N-dealkylation sites (N-methyl/N-ethyl adjacent to an activating group) is 1. The van der Waals surface area contributed by atoms with Gasteiger partial charge in [-0.05, 0) is 39.8 Å². The van der Waals surface area contributed by atoms with Crippen molar-refractivity contribution in [2.24, 2.45) is 0 Å². The first-order chi connectivity index (χ1) is 18.5. The topological polar surface area (TPSA) is 112 Å². The molecular weight excluding hydrogens is 601 g/mol. The number of amides is 2. The average molecular weight is 626 g/mol. The van der Waals surface area contributed by atoms with Crippen LogP contribution in [0.1, 0.15) is 53.5 Å². The van der Waals surface area contributed by atoms with Crippen LogP contribution in [-0.4, -0.2) is 75.9 Å². The molecule has 2 rings (SSSR count). The lowest BCUT2D eigenvalue weighted by Gasteiger charge is -2.33. The number of rotatable bonds is 9. The van der Waals surface area contributed by atoms with E-state index in [0.717, 1.165) is 4.90 Å². The molecule has 2 aromatic rings. The van der Waals surface area contributed by atoms with E-state index in [-0.39, 0.29) is 31.8 Å². The summed E-state index contributed by atoms with van der Waals surface area (Å²) in [6.45, 7) is 5.48. The number of hydrogen-bond acceptors (Lipinski definition) is 7. The van der Waals surface area contributed by atoms with Gasteiger partial charge in [-0.2, -0.15) is 26.3 Å². The molecular formula is C23H24F9N3O5S. The molecule has 0 atom stereocenters. The Balaban J connectivity index is 2.87. The summed E-state index contributed by atoms with van der Waals surface area (Å²) in [4.78, 5) is 30.2. The summed E-state index contributed by atoms with van der Waals surface area (Å²) in [5.74, 6) is -3.55. The van der Waals surface area contributed by atoms with E-state index in [9.17, 15) is 59.3 Å². The number of halogens is 9. The molecule has 8 nitrogen and oxygen atoms in total. The molecule has 0 aliphatic rings. The molecule has 0 saturated carbocycles. The summed E-state index contributed by atoms with van der Waals surface area (Å²) >= 11 is 0.310. The number of nitrogens with one attached hydrogen (secondary N) is 1. The van der Waals surface area contributed by atoms with Crippen molar-refractivity contribution in [3.63, 3.8) is 0 Å². The van der Waals surface area contributed by atoms with Gasteiger partial charge in [0, 0.05) is 30.8 Å². The quantitative estimate of drug-likeness (QED) is 0.338. The maximum absolute atomic E-state index is 13.4. The van der Waals surface area contributed by atoms with Crippen LogP contribution >= 0.6 is 11.3 Å². The van der Waals surface area contributed by atoms with Crippen LogP contribution in [0.25, 0.3) is 10.4 Å². The maximum atomic E-state index is 13.4. The number of carbonyl (C=O) groups excluding carboxylic acids is 2. The summed E-state index contributed by atoms with van der Waals surface area (Å²) in [6, 6.07) is 0.103. The summed E-state index contributed by atoms with van der Waals surface area (Å²) in [5, 5.41) is 21.6. The van der Waals surface area contributed by atoms with Gasteiger partial charge in [0.1, 0.15) is 11.4 Å². The third-order valence-corrected chi connectivity index (χ3v) is 6.38. The third kappa shape index (κ3) is 7.59. The first-order valence-electron chi connectivity index (χ1n) is 11.5. The molecule has 41 heavy (non-hydrogen) atoms. The van der Waals surface area contributed by atoms with Crippen molar-refractivity contribution in [3.05, 3.63) is 34.5 Å². The minimum absolute atomic E-state index is 0.0127. The van der Waals surface area contributed by atoms with E-state index < -0.39 is 74.2 Å². The molecule has 0 saturated heterocycles. The molecule has 230 valence electrons. The molecule has 1 heterocycles. The minimum Gasteiger partial charge on any atom is -0.405 e. The van der Waals surface area contributed by atoms with Crippen LogP contribution in [0.15, 0.2) is 18.2 Å². The number of thiazole rings is 1. The molecule has 0 aliphatic heterocycles. The van der Waals surface area contributed by atoms with Gasteiger partial charge >= 0.3 is 18.7 Å². The molecule has 0 spiro atoms. The maximum Gasteiger partial charge on any atom is 0.573 e. The van der Waals surface area contributed by atoms with Crippen LogP contribution in [0, 0.1) is 0 Å². The van der Waals surface area contributed by atoms with E-state index in [1.54, 1.807) is 0 Å². The number of alkyl halides is 9. The zero-order valence-corrected chi connectivity index (χ0v) is 22.5. The number of nitrogens with zero attached hydrogens (tertiary/aromatic N) is 2. The SMILES string of the molecule is CCNC(=O)c1nc(C(=O)N(CC)CC(C)(C)O)sc1-c1ccc(C(O)(C(F)(F)F)C(F)(F)F)cc1OC(F)(F)F. The molecule has 0 bridgehead atoms. The van der Waals surface area contributed by atoms with Gasteiger partial charge in [0.2, 0.25) is 0 Å². The van der Waals surface area contributed by atoms with Gasteiger partial charge in [-0.25, -0.2) is 4.98 Å². The van der Waals surface area contributed by atoms with E-state index in [4.69, 9.17) is 0 Å². The Bertz CT molecular complexity index is 1250. The lowest BCUT2D eigenvalue weighted by molar-refractivity contribution is -0.376. The highest BCUT2D eigenvalue weighted by Gasteiger charge is 2.71. The van der Waals surface area contributed by atoms with Crippen molar-refractivity contribution in [2.45, 2.75) is 57.6 Å². The van der Waals surface area contributed by atoms with E-state index in [2.05, 4.69) is 15.0 Å². The fourth-order valence-electron chi connectivity index (χ4n) is 3.55. The van der Waals surface area contributed by atoms with Crippen LogP contribution < -0.4 is 10.1 Å². The van der Waals surface area contributed by atoms with Crippen molar-refractivity contribution >= 4 is 23.2 Å². The summed E-state index contributed by atoms with van der Waals surface area (Å²) < 4.78 is 124. The Morgan fingerprint density at radius 1 is 1.00 bits per heavy atom. The Labute approximate surface area is 230 Å². The van der Waals surface area contributed by atoms with Gasteiger partial charge in [-0.15, -0.1) is 24.5 Å². The molecule has 0 fully saturated rings. The van der Waals surface area contributed by atoms with Gasteiger partial charge in [-0.3, -0.25) is 9.59 Å². The first-order valence-corrected chi connectivity index (χ1v) is 12.4. The summed E-state index contributed by atoms with van der Waals surface area (Å²) in [5.41, 5.74) is -10.6. The van der Waals surface area contributed by atoms with Gasteiger partial charge < -0.3 is 25.2 Å². The average Bonchev–Trinajstić information content (AvgIpc) is 3.24. The van der Waals surface area contributed by atoms with Gasteiger partial charge in [0.05, 0.1) is 10.5 Å². The Morgan fingerprint density at radius 2 is 1.56 bits per heavy atom. The highest BCUT2D eigenvalue weighted by molar-refractivity contribution is 7.17. The Morgan fingerprint density at radius 3 is 2.00 bits per heavy atom. The number of hydrogen-bond donors (Lipinski definition) is 3. The predicted molar refractivity (Wildman–Crippen MR) is 126 cm³/mol. The van der Waals surface area contributed by atoms with Crippen molar-refractivity contribution in [2.75, 3.05) is 19.6 Å². The second-order valence-electron chi connectivity index (χ2n) is 9.15. The second kappa shape index (κ2) is 11.6. The second-order valence-corrected chi connectivity index (χ2v) is 10.2. The van der Waals surface area contributed by atoms with Crippen molar-refractivity contribution in [1.82, 2.24) is 15.2 Å². The molecule has 1 aromatic carbocycles. The van der Waals surface area contributed by atoms with Crippen LogP contribution in [0.5, 0.6) is 5.75 Å². The molecule has 0 unspecified atom stereocenters. The zero-order valence-electron chi connectivity index (χ0n) is 21.7. The number of carbonyl (C=O) groups is 2. The molecule has 1 aromatic heterocycles. The van der Waals surface area contributed by atoms with E-state index in [1.165, 1.54) is 27.7 Å². The summed E-state index contributed by atoms with van der Waals surface area (Å²) in [7, 11) is 0. The van der Waals surface area contributed by atoms with Crippen molar-refractivity contribution in [1.29, 1.82) is 0 Å². The first kappa shape index (κ1) is 34.1. The van der Waals surface area contributed by atoms with Crippen molar-refractivity contribution in [3.8, 4) is 16.2 Å². The fraction of sp³-hybridized carbons (Fsp3) is 0.522. The normalized spacial score (nSPS) is 13.2. The van der Waals surface area contributed by atoms with Gasteiger partial charge in [0.25, 0.3) is 17.4 Å². The summed E-state index contributed by atoms with van der Waals surface area (Å²) in [6.07, 6.45) is -18.5. The van der Waals surface area contributed by atoms with E-state index in [1.807, 2.05) is 0 Å². The van der Waals surface area contributed by atoms with Gasteiger partial charge in [0.15, 0.2) is 5.01 Å². The van der Waals surface area contributed by atoms with Gasteiger partial charge in [-0.1, -0.05) is 6.07 Å². The van der Waals surface area contributed by atoms with E-state index >= 15 is 0 Å². The van der Waals surface area contributed by atoms with Crippen molar-refractivity contribution < 1.29 is 64.1 Å². The molecule has 0 aliphatic carbocycles. The monoisotopic (exact) mass is 625 g/mol. The largest absolute Gasteiger partial charge is 0.573 e.